The summed E-state index contributed by atoms with van der Waals surface area (Å²) in [5.74, 6) is -0.915. The number of nitrogens with one attached hydrogen (secondary N) is 2. The van der Waals surface area contributed by atoms with Gasteiger partial charge in [-0.3, -0.25) is 4.79 Å². The molecule has 0 saturated heterocycles. The molecule has 0 unspecified atom stereocenters. The van der Waals surface area contributed by atoms with Crippen LogP contribution in [-0.2, 0) is 9.53 Å². The molecule has 5 nitrogen and oxygen atoms in total. The van der Waals surface area contributed by atoms with E-state index < -0.39 is 12.1 Å². The highest BCUT2D eigenvalue weighted by Gasteiger charge is 2.20. The molecule has 0 radical (unpaired) electrons. The molecule has 1 amide bonds. The second-order valence-corrected chi connectivity index (χ2v) is 4.70. The highest BCUT2D eigenvalue weighted by molar-refractivity contribution is 5.99. The van der Waals surface area contributed by atoms with E-state index in [1.807, 2.05) is 24.3 Å². The Balaban J connectivity index is 2.00. The van der Waals surface area contributed by atoms with Crippen LogP contribution in [0.4, 0.5) is 11.4 Å². The van der Waals surface area contributed by atoms with E-state index in [9.17, 15) is 9.59 Å². The third kappa shape index (κ3) is 3.85. The van der Waals surface area contributed by atoms with Crippen molar-refractivity contribution in [3.8, 4) is 0 Å². The highest BCUT2D eigenvalue weighted by Crippen LogP contribution is 2.16. The molecule has 0 spiro atoms. The summed E-state index contributed by atoms with van der Waals surface area (Å²) in [4.78, 5) is 24.2. The number of esters is 1. The van der Waals surface area contributed by atoms with E-state index in [-0.39, 0.29) is 5.91 Å². The van der Waals surface area contributed by atoms with E-state index in [2.05, 4.69) is 10.6 Å². The second kappa shape index (κ2) is 7.26. The fourth-order valence-electron chi connectivity index (χ4n) is 1.92. The third-order valence-electron chi connectivity index (χ3n) is 3.11. The molecule has 0 heterocycles. The molecule has 114 valence electrons. The summed E-state index contributed by atoms with van der Waals surface area (Å²) in [7, 11) is 1.72. The van der Waals surface area contributed by atoms with Crippen LogP contribution in [0.15, 0.2) is 54.6 Å². The van der Waals surface area contributed by atoms with Crippen LogP contribution in [0.2, 0.25) is 0 Å². The van der Waals surface area contributed by atoms with Gasteiger partial charge in [-0.15, -0.1) is 0 Å². The third-order valence-corrected chi connectivity index (χ3v) is 3.11. The molecule has 0 saturated carbocycles. The van der Waals surface area contributed by atoms with E-state index in [1.165, 1.54) is 6.92 Å². The van der Waals surface area contributed by atoms with Gasteiger partial charge in [0, 0.05) is 18.4 Å². The summed E-state index contributed by atoms with van der Waals surface area (Å²) < 4.78 is 5.22. The van der Waals surface area contributed by atoms with Gasteiger partial charge in [-0.05, 0) is 31.2 Å². The van der Waals surface area contributed by atoms with Crippen LogP contribution in [0.3, 0.4) is 0 Å². The van der Waals surface area contributed by atoms with Gasteiger partial charge in [0.15, 0.2) is 6.10 Å². The van der Waals surface area contributed by atoms with Crippen molar-refractivity contribution in [3.05, 3.63) is 60.2 Å². The maximum absolute atomic E-state index is 12.1. The molecule has 0 aliphatic rings. The predicted molar refractivity (Wildman–Crippen MR) is 85.9 cm³/mol. The average Bonchev–Trinajstić information content (AvgIpc) is 2.55. The molecule has 2 rings (SSSR count). The minimum atomic E-state index is -0.891. The standard InChI is InChI=1S/C17H18N2O3/c1-12(16(20)19-13-8-4-3-5-9-13)22-17(21)14-10-6-7-11-15(14)18-2/h3-12,18H,1-2H3,(H,19,20)/t12-/m0/s1. The number of carbonyl (C=O) groups excluding carboxylic acids is 2. The van der Waals surface area contributed by atoms with Crippen molar-refractivity contribution in [3.63, 3.8) is 0 Å². The number of ether oxygens (including phenoxy) is 1. The molecular weight excluding hydrogens is 280 g/mol. The summed E-state index contributed by atoms with van der Waals surface area (Å²) in [5, 5.41) is 5.61. The zero-order valence-electron chi connectivity index (χ0n) is 12.5. The van der Waals surface area contributed by atoms with Crippen molar-refractivity contribution in [2.24, 2.45) is 0 Å². The second-order valence-electron chi connectivity index (χ2n) is 4.70. The molecule has 2 aromatic carbocycles. The molecule has 0 fully saturated rings. The van der Waals surface area contributed by atoms with Crippen molar-refractivity contribution < 1.29 is 14.3 Å². The zero-order chi connectivity index (χ0) is 15.9. The molecule has 0 bridgehead atoms. The van der Waals surface area contributed by atoms with Crippen molar-refractivity contribution in [1.29, 1.82) is 0 Å². The van der Waals surface area contributed by atoms with E-state index >= 15 is 0 Å². The quantitative estimate of drug-likeness (QED) is 0.833. The maximum Gasteiger partial charge on any atom is 0.341 e. The van der Waals surface area contributed by atoms with Gasteiger partial charge < -0.3 is 15.4 Å². The van der Waals surface area contributed by atoms with E-state index in [0.29, 0.717) is 16.9 Å². The number of benzene rings is 2. The van der Waals surface area contributed by atoms with Gasteiger partial charge in [-0.2, -0.15) is 0 Å². The molecule has 0 aliphatic heterocycles. The summed E-state index contributed by atoms with van der Waals surface area (Å²) in [6.45, 7) is 1.54. The van der Waals surface area contributed by atoms with Gasteiger partial charge in [-0.25, -0.2) is 4.79 Å². The Hall–Kier alpha value is -2.82. The van der Waals surface area contributed by atoms with E-state index in [0.717, 1.165) is 0 Å². The Morgan fingerprint density at radius 3 is 2.32 bits per heavy atom. The molecule has 1 atom stereocenters. The molecule has 5 heteroatoms. The number of hydrogen-bond acceptors (Lipinski definition) is 4. The Morgan fingerprint density at radius 2 is 1.64 bits per heavy atom. The summed E-state index contributed by atoms with van der Waals surface area (Å²) in [6.07, 6.45) is -0.891. The largest absolute Gasteiger partial charge is 0.449 e. The number of para-hydroxylation sites is 2. The number of rotatable bonds is 5. The lowest BCUT2D eigenvalue weighted by Gasteiger charge is -2.15. The first-order valence-corrected chi connectivity index (χ1v) is 6.95. The first kappa shape index (κ1) is 15.6. The average molecular weight is 298 g/mol. The minimum absolute atomic E-state index is 0.374. The van der Waals surface area contributed by atoms with Crippen LogP contribution >= 0.6 is 0 Å². The normalized spacial score (nSPS) is 11.4. The number of anilines is 2. The Kier molecular flexibility index (Phi) is 5.14. The SMILES string of the molecule is CNc1ccccc1C(=O)O[C@@H](C)C(=O)Nc1ccccc1. The van der Waals surface area contributed by atoms with Crippen LogP contribution in [-0.4, -0.2) is 25.0 Å². The van der Waals surface area contributed by atoms with Crippen LogP contribution in [0.25, 0.3) is 0 Å². The van der Waals surface area contributed by atoms with E-state index in [4.69, 9.17) is 4.74 Å². The lowest BCUT2D eigenvalue weighted by molar-refractivity contribution is -0.123. The number of carbonyl (C=O) groups is 2. The fourth-order valence-corrected chi connectivity index (χ4v) is 1.92. The minimum Gasteiger partial charge on any atom is -0.449 e. The molecule has 0 aliphatic carbocycles. The Bertz CT molecular complexity index is 656. The van der Waals surface area contributed by atoms with Gasteiger partial charge >= 0.3 is 5.97 Å². The van der Waals surface area contributed by atoms with E-state index in [1.54, 1.807) is 37.4 Å². The van der Waals surface area contributed by atoms with Crippen LogP contribution in [0.5, 0.6) is 0 Å². The maximum atomic E-state index is 12.1. The molecule has 0 aromatic heterocycles. The summed E-state index contributed by atoms with van der Waals surface area (Å²) in [6, 6.07) is 16.0. The first-order chi connectivity index (χ1) is 10.6. The topological polar surface area (TPSA) is 67.4 Å². The molecule has 2 N–H and O–H groups in total. The van der Waals surface area contributed by atoms with Crippen LogP contribution in [0.1, 0.15) is 17.3 Å². The van der Waals surface area contributed by atoms with Crippen molar-refractivity contribution in [1.82, 2.24) is 0 Å². The Morgan fingerprint density at radius 1 is 1.00 bits per heavy atom. The van der Waals surface area contributed by atoms with Crippen molar-refractivity contribution in [2.75, 3.05) is 17.7 Å². The lowest BCUT2D eigenvalue weighted by Crippen LogP contribution is -2.30. The zero-order valence-corrected chi connectivity index (χ0v) is 12.5. The van der Waals surface area contributed by atoms with Gasteiger partial charge in [-0.1, -0.05) is 30.3 Å². The fraction of sp³-hybridized carbons (Fsp3) is 0.176. The van der Waals surface area contributed by atoms with Gasteiger partial charge in [0.25, 0.3) is 5.91 Å². The van der Waals surface area contributed by atoms with Crippen molar-refractivity contribution in [2.45, 2.75) is 13.0 Å². The highest BCUT2D eigenvalue weighted by atomic mass is 16.5. The van der Waals surface area contributed by atoms with Crippen LogP contribution < -0.4 is 10.6 Å². The molecule has 2 aromatic rings. The first-order valence-electron chi connectivity index (χ1n) is 6.95. The predicted octanol–water partition coefficient (Wildman–Crippen LogP) is 2.91. The van der Waals surface area contributed by atoms with Gasteiger partial charge in [0.1, 0.15) is 0 Å². The Labute approximate surface area is 129 Å². The van der Waals surface area contributed by atoms with Crippen molar-refractivity contribution >= 4 is 23.3 Å². The van der Waals surface area contributed by atoms with Crippen LogP contribution in [0, 0.1) is 0 Å². The van der Waals surface area contributed by atoms with Gasteiger partial charge in [0.05, 0.1) is 5.56 Å². The smallest absolute Gasteiger partial charge is 0.341 e. The lowest BCUT2D eigenvalue weighted by atomic mass is 10.2. The van der Waals surface area contributed by atoms with Gasteiger partial charge in [0.2, 0.25) is 0 Å². The molecule has 22 heavy (non-hydrogen) atoms. The summed E-state index contributed by atoms with van der Waals surface area (Å²) in [5.41, 5.74) is 1.71. The number of amides is 1. The number of hydrogen-bond donors (Lipinski definition) is 2. The monoisotopic (exact) mass is 298 g/mol. The summed E-state index contributed by atoms with van der Waals surface area (Å²) >= 11 is 0. The molecular formula is C17H18N2O3.